The summed E-state index contributed by atoms with van der Waals surface area (Å²) >= 11 is 5.93. The number of anilines is 1. The summed E-state index contributed by atoms with van der Waals surface area (Å²) in [6, 6.07) is 22.6. The van der Waals surface area contributed by atoms with Crippen LogP contribution in [0.3, 0.4) is 0 Å². The van der Waals surface area contributed by atoms with E-state index in [4.69, 9.17) is 16.3 Å². The number of hydrogen-bond acceptors (Lipinski definition) is 5. The van der Waals surface area contributed by atoms with E-state index in [-0.39, 0.29) is 29.8 Å². The first-order valence-electron chi connectivity index (χ1n) is 12.5. The predicted molar refractivity (Wildman–Crippen MR) is 144 cm³/mol. The standard InChI is InChI=1S/C28H28ClN3O5S/c29-22-12-14-23(15-13-22)38(35,36)31-16-6-9-21(18-31)28(34)32-19-26(37-25-11-5-4-10-24(25)32)27(33)30-17-20-7-2-1-3-8-20/h1-5,7-8,10-15,21,26H,6,9,16-19H2,(H,30,33)/t21-,26-/m1/s1. The quantitative estimate of drug-likeness (QED) is 0.500. The van der Waals surface area contributed by atoms with Crippen molar-refractivity contribution in [2.75, 3.05) is 24.5 Å². The number of amides is 2. The second kappa shape index (κ2) is 11.1. The number of nitrogens with zero attached hydrogens (tertiary/aromatic N) is 2. The monoisotopic (exact) mass is 553 g/mol. The van der Waals surface area contributed by atoms with Gasteiger partial charge in [-0.05, 0) is 54.8 Å². The van der Waals surface area contributed by atoms with E-state index in [1.807, 2.05) is 30.3 Å². The first-order valence-corrected chi connectivity index (χ1v) is 14.3. The average Bonchev–Trinajstić information content (AvgIpc) is 2.95. The fourth-order valence-corrected chi connectivity index (χ4v) is 6.47. The van der Waals surface area contributed by atoms with Crippen molar-refractivity contribution in [3.05, 3.63) is 89.4 Å². The van der Waals surface area contributed by atoms with E-state index in [9.17, 15) is 18.0 Å². The van der Waals surface area contributed by atoms with Crippen LogP contribution < -0.4 is 15.0 Å². The summed E-state index contributed by atoms with van der Waals surface area (Å²) in [6.45, 7) is 0.777. The van der Waals surface area contributed by atoms with E-state index < -0.39 is 22.0 Å². The Morgan fingerprint density at radius 1 is 0.947 bits per heavy atom. The maximum atomic E-state index is 13.8. The number of hydrogen-bond donors (Lipinski definition) is 1. The van der Waals surface area contributed by atoms with Crippen LogP contribution in [0.1, 0.15) is 18.4 Å². The lowest BCUT2D eigenvalue weighted by atomic mass is 9.97. The Hall–Kier alpha value is -3.40. The molecule has 1 N–H and O–H groups in total. The molecule has 0 radical (unpaired) electrons. The van der Waals surface area contributed by atoms with E-state index in [2.05, 4.69) is 5.32 Å². The molecule has 2 amide bonds. The molecule has 1 fully saturated rings. The molecule has 1 saturated heterocycles. The van der Waals surface area contributed by atoms with Gasteiger partial charge in [0.1, 0.15) is 5.75 Å². The van der Waals surface area contributed by atoms with Crippen molar-refractivity contribution in [3.8, 4) is 5.75 Å². The number of ether oxygens (including phenoxy) is 1. The van der Waals surface area contributed by atoms with Crippen LogP contribution in [0, 0.1) is 5.92 Å². The highest BCUT2D eigenvalue weighted by molar-refractivity contribution is 7.89. The molecule has 198 valence electrons. The summed E-state index contributed by atoms with van der Waals surface area (Å²) in [5.41, 5.74) is 1.52. The van der Waals surface area contributed by atoms with Crippen LogP contribution in [0.25, 0.3) is 0 Å². The van der Waals surface area contributed by atoms with Crippen molar-refractivity contribution >= 4 is 39.1 Å². The summed E-state index contributed by atoms with van der Waals surface area (Å²) in [5.74, 6) is -0.659. The summed E-state index contributed by atoms with van der Waals surface area (Å²) < 4.78 is 33.8. The SMILES string of the molecule is O=C(NCc1ccccc1)[C@H]1CN(C(=O)[C@@H]2CCCN(S(=O)(=O)c3ccc(Cl)cc3)C2)c2ccccc2O1. The van der Waals surface area contributed by atoms with E-state index in [0.29, 0.717) is 42.4 Å². The Balaban J connectivity index is 1.32. The molecule has 2 aliphatic rings. The van der Waals surface area contributed by atoms with Crippen LogP contribution in [0.5, 0.6) is 5.75 Å². The zero-order valence-electron chi connectivity index (χ0n) is 20.6. The molecule has 0 aliphatic carbocycles. The maximum Gasteiger partial charge on any atom is 0.263 e. The van der Waals surface area contributed by atoms with Gasteiger partial charge in [0.05, 0.1) is 23.0 Å². The van der Waals surface area contributed by atoms with Gasteiger partial charge in [0.2, 0.25) is 15.9 Å². The second-order valence-electron chi connectivity index (χ2n) is 9.38. The van der Waals surface area contributed by atoms with Crippen LogP contribution in [0.4, 0.5) is 5.69 Å². The third-order valence-electron chi connectivity index (χ3n) is 6.83. The van der Waals surface area contributed by atoms with Gasteiger partial charge in [-0.15, -0.1) is 0 Å². The van der Waals surface area contributed by atoms with Gasteiger partial charge < -0.3 is 15.0 Å². The smallest absolute Gasteiger partial charge is 0.263 e. The molecule has 2 atom stereocenters. The lowest BCUT2D eigenvalue weighted by Crippen LogP contribution is -2.53. The molecule has 3 aromatic rings. The van der Waals surface area contributed by atoms with Crippen LogP contribution in [-0.2, 0) is 26.2 Å². The highest BCUT2D eigenvalue weighted by Gasteiger charge is 2.39. The minimum absolute atomic E-state index is 0.0386. The van der Waals surface area contributed by atoms with E-state index in [0.717, 1.165) is 5.56 Å². The van der Waals surface area contributed by atoms with Crippen LogP contribution in [0.15, 0.2) is 83.8 Å². The highest BCUT2D eigenvalue weighted by atomic mass is 35.5. The first kappa shape index (κ1) is 26.2. The summed E-state index contributed by atoms with van der Waals surface area (Å²) in [5, 5.41) is 3.34. The van der Waals surface area contributed by atoms with Gasteiger partial charge in [0, 0.05) is 24.7 Å². The average molecular weight is 554 g/mol. The number of nitrogens with one attached hydrogen (secondary N) is 1. The van der Waals surface area contributed by atoms with Crippen LogP contribution >= 0.6 is 11.6 Å². The van der Waals surface area contributed by atoms with Gasteiger partial charge in [-0.3, -0.25) is 9.59 Å². The van der Waals surface area contributed by atoms with Crippen molar-refractivity contribution < 1.29 is 22.7 Å². The number of carbonyl (C=O) groups is 2. The first-order chi connectivity index (χ1) is 18.3. The zero-order valence-corrected chi connectivity index (χ0v) is 22.2. The fourth-order valence-electron chi connectivity index (χ4n) is 4.82. The Labute approximate surface area is 227 Å². The van der Waals surface area contributed by atoms with Gasteiger partial charge in [-0.25, -0.2) is 8.42 Å². The molecule has 0 saturated carbocycles. The minimum Gasteiger partial charge on any atom is -0.477 e. The summed E-state index contributed by atoms with van der Waals surface area (Å²) in [7, 11) is -3.78. The number of halogens is 1. The van der Waals surface area contributed by atoms with Gasteiger partial charge in [-0.1, -0.05) is 54.1 Å². The Morgan fingerprint density at radius 3 is 2.42 bits per heavy atom. The van der Waals surface area contributed by atoms with Crippen LogP contribution in [-0.4, -0.2) is 50.3 Å². The minimum atomic E-state index is -3.78. The van der Waals surface area contributed by atoms with Crippen molar-refractivity contribution in [2.24, 2.45) is 5.92 Å². The fraction of sp³-hybridized carbons (Fsp3) is 0.286. The van der Waals surface area contributed by atoms with Gasteiger partial charge in [0.25, 0.3) is 5.91 Å². The molecule has 3 aromatic carbocycles. The molecular weight excluding hydrogens is 526 g/mol. The number of carbonyl (C=O) groups excluding carboxylic acids is 2. The Bertz CT molecular complexity index is 1420. The molecule has 0 bridgehead atoms. The third kappa shape index (κ3) is 5.55. The lowest BCUT2D eigenvalue weighted by Gasteiger charge is -2.38. The predicted octanol–water partition coefficient (Wildman–Crippen LogP) is 3.85. The number of para-hydroxylation sites is 2. The van der Waals surface area contributed by atoms with E-state index >= 15 is 0 Å². The van der Waals surface area contributed by atoms with Crippen LogP contribution in [0.2, 0.25) is 5.02 Å². The maximum absolute atomic E-state index is 13.8. The van der Waals surface area contributed by atoms with E-state index in [1.54, 1.807) is 29.2 Å². The normalized spacial score (nSPS) is 19.8. The molecule has 0 unspecified atom stereocenters. The molecule has 5 rings (SSSR count). The molecule has 0 aromatic heterocycles. The topological polar surface area (TPSA) is 96.0 Å². The number of piperidine rings is 1. The molecule has 2 aliphatic heterocycles. The molecule has 38 heavy (non-hydrogen) atoms. The molecule has 2 heterocycles. The van der Waals surface area contributed by atoms with Gasteiger partial charge in [0.15, 0.2) is 6.10 Å². The molecular formula is C28H28ClN3O5S. The highest BCUT2D eigenvalue weighted by Crippen LogP contribution is 2.35. The Kier molecular flexibility index (Phi) is 7.69. The largest absolute Gasteiger partial charge is 0.477 e. The van der Waals surface area contributed by atoms with Crippen molar-refractivity contribution in [2.45, 2.75) is 30.4 Å². The molecule has 10 heteroatoms. The van der Waals surface area contributed by atoms with Crippen molar-refractivity contribution in [1.29, 1.82) is 0 Å². The lowest BCUT2D eigenvalue weighted by molar-refractivity contribution is -0.129. The van der Waals surface area contributed by atoms with Crippen molar-refractivity contribution in [1.82, 2.24) is 9.62 Å². The zero-order chi connectivity index (χ0) is 26.7. The van der Waals surface area contributed by atoms with E-state index in [1.165, 1.54) is 28.6 Å². The molecule has 0 spiro atoms. The number of sulfonamides is 1. The Morgan fingerprint density at radius 2 is 1.66 bits per heavy atom. The summed E-state index contributed by atoms with van der Waals surface area (Å²) in [6.07, 6.45) is 0.210. The number of fused-ring (bicyclic) bond motifs is 1. The van der Waals surface area contributed by atoms with Gasteiger partial charge >= 0.3 is 0 Å². The number of benzene rings is 3. The molecule has 8 nitrogen and oxygen atoms in total. The van der Waals surface area contributed by atoms with Crippen molar-refractivity contribution in [3.63, 3.8) is 0 Å². The van der Waals surface area contributed by atoms with Gasteiger partial charge in [-0.2, -0.15) is 4.31 Å². The third-order valence-corrected chi connectivity index (χ3v) is 8.96. The second-order valence-corrected chi connectivity index (χ2v) is 11.8. The number of rotatable bonds is 6. The summed E-state index contributed by atoms with van der Waals surface area (Å²) in [4.78, 5) is 28.5.